The van der Waals surface area contributed by atoms with Gasteiger partial charge in [-0.15, -0.1) is 0 Å². The van der Waals surface area contributed by atoms with E-state index in [1.165, 1.54) is 0 Å². The highest BCUT2D eigenvalue weighted by Crippen LogP contribution is 2.32. The Labute approximate surface area is 133 Å². The molecule has 0 spiro atoms. The summed E-state index contributed by atoms with van der Waals surface area (Å²) in [4.78, 5) is 11.9. The fourth-order valence-electron chi connectivity index (χ4n) is 1.87. The van der Waals surface area contributed by atoms with Gasteiger partial charge in [-0.05, 0) is 24.6 Å². The van der Waals surface area contributed by atoms with Crippen LogP contribution in [0.15, 0.2) is 48.5 Å². The monoisotopic (exact) mass is 323 g/mol. The number of benzene rings is 2. The lowest BCUT2D eigenvalue weighted by Gasteiger charge is -2.15. The molecule has 0 saturated carbocycles. The maximum atomic E-state index is 11.9. The fraction of sp³-hybridized carbons (Fsp3) is 0.188. The van der Waals surface area contributed by atoms with Gasteiger partial charge in [-0.3, -0.25) is 4.79 Å². The van der Waals surface area contributed by atoms with Gasteiger partial charge in [-0.25, -0.2) is 0 Å². The van der Waals surface area contributed by atoms with Crippen LogP contribution in [0.3, 0.4) is 0 Å². The van der Waals surface area contributed by atoms with E-state index in [0.29, 0.717) is 15.8 Å². The highest BCUT2D eigenvalue weighted by Gasteiger charge is 2.12. The van der Waals surface area contributed by atoms with Gasteiger partial charge in [0.2, 0.25) is 0 Å². The summed E-state index contributed by atoms with van der Waals surface area (Å²) in [6, 6.07) is 14.6. The highest BCUT2D eigenvalue weighted by atomic mass is 35.5. The van der Waals surface area contributed by atoms with Crippen LogP contribution >= 0.6 is 23.2 Å². The minimum absolute atomic E-state index is 0.0935. The Balaban J connectivity index is 1.91. The quantitative estimate of drug-likeness (QED) is 0.893. The summed E-state index contributed by atoms with van der Waals surface area (Å²) in [7, 11) is 0. The van der Waals surface area contributed by atoms with Crippen LogP contribution in [0, 0.1) is 0 Å². The second kappa shape index (κ2) is 7.34. The van der Waals surface area contributed by atoms with Crippen LogP contribution in [0.2, 0.25) is 10.0 Å². The molecule has 1 amide bonds. The van der Waals surface area contributed by atoms with Gasteiger partial charge in [0.1, 0.15) is 0 Å². The van der Waals surface area contributed by atoms with Crippen molar-refractivity contribution in [3.63, 3.8) is 0 Å². The van der Waals surface area contributed by atoms with E-state index in [-0.39, 0.29) is 18.6 Å². The van der Waals surface area contributed by atoms with E-state index < -0.39 is 0 Å². The lowest BCUT2D eigenvalue weighted by Crippen LogP contribution is -2.31. The lowest BCUT2D eigenvalue weighted by atomic mass is 10.1. The van der Waals surface area contributed by atoms with E-state index in [0.717, 1.165) is 5.56 Å². The number of halogens is 2. The number of nitrogens with one attached hydrogen (secondary N) is 1. The molecular weight excluding hydrogens is 309 g/mol. The van der Waals surface area contributed by atoms with E-state index >= 15 is 0 Å². The van der Waals surface area contributed by atoms with Crippen LogP contribution in [0.25, 0.3) is 0 Å². The maximum Gasteiger partial charge on any atom is 0.258 e. The molecule has 0 aliphatic heterocycles. The second-order valence-electron chi connectivity index (χ2n) is 4.54. The van der Waals surface area contributed by atoms with Crippen molar-refractivity contribution in [1.82, 2.24) is 5.32 Å². The van der Waals surface area contributed by atoms with Gasteiger partial charge in [0.25, 0.3) is 5.91 Å². The predicted molar refractivity (Wildman–Crippen MR) is 85.0 cm³/mol. The summed E-state index contributed by atoms with van der Waals surface area (Å²) in [5, 5.41) is 3.62. The molecule has 0 aliphatic carbocycles. The van der Waals surface area contributed by atoms with Gasteiger partial charge in [0.05, 0.1) is 16.1 Å². The van der Waals surface area contributed by atoms with Crippen molar-refractivity contribution in [2.24, 2.45) is 0 Å². The van der Waals surface area contributed by atoms with Gasteiger partial charge in [0.15, 0.2) is 12.4 Å². The molecule has 1 atom stereocenters. The van der Waals surface area contributed by atoms with Crippen molar-refractivity contribution in [2.45, 2.75) is 13.0 Å². The van der Waals surface area contributed by atoms with Crippen molar-refractivity contribution in [3.8, 4) is 5.75 Å². The molecule has 2 aromatic rings. The first-order valence-electron chi connectivity index (χ1n) is 6.49. The summed E-state index contributed by atoms with van der Waals surface area (Å²) in [6.45, 7) is 1.77. The molecule has 3 nitrogen and oxygen atoms in total. The Morgan fingerprint density at radius 3 is 2.33 bits per heavy atom. The number of ether oxygens (including phenoxy) is 1. The molecule has 0 heterocycles. The van der Waals surface area contributed by atoms with Gasteiger partial charge < -0.3 is 10.1 Å². The second-order valence-corrected chi connectivity index (χ2v) is 5.35. The number of hydrogen-bond acceptors (Lipinski definition) is 2. The molecule has 2 aromatic carbocycles. The molecule has 110 valence electrons. The summed E-state index contributed by atoms with van der Waals surface area (Å²) in [5.41, 5.74) is 1.03. The van der Waals surface area contributed by atoms with Crippen molar-refractivity contribution in [1.29, 1.82) is 0 Å². The zero-order valence-corrected chi connectivity index (χ0v) is 13.0. The molecule has 0 unspecified atom stereocenters. The Kier molecular flexibility index (Phi) is 5.48. The largest absolute Gasteiger partial charge is 0.481 e. The van der Waals surface area contributed by atoms with Crippen molar-refractivity contribution in [2.75, 3.05) is 6.61 Å². The Morgan fingerprint density at radius 2 is 1.71 bits per heavy atom. The minimum atomic E-state index is -0.234. The van der Waals surface area contributed by atoms with Crippen LogP contribution in [-0.2, 0) is 4.79 Å². The highest BCUT2D eigenvalue weighted by molar-refractivity contribution is 6.37. The van der Waals surface area contributed by atoms with E-state index in [4.69, 9.17) is 27.9 Å². The lowest BCUT2D eigenvalue weighted by molar-refractivity contribution is -0.123. The van der Waals surface area contributed by atoms with Gasteiger partial charge in [-0.2, -0.15) is 0 Å². The summed E-state index contributed by atoms with van der Waals surface area (Å²) < 4.78 is 5.39. The average molecular weight is 324 g/mol. The van der Waals surface area contributed by atoms with Crippen LogP contribution in [0.5, 0.6) is 5.75 Å². The van der Waals surface area contributed by atoms with Gasteiger partial charge in [-0.1, -0.05) is 59.6 Å². The number of hydrogen-bond donors (Lipinski definition) is 1. The maximum absolute atomic E-state index is 11.9. The molecule has 0 saturated heterocycles. The molecular formula is C16H15Cl2NO2. The number of carbonyl (C=O) groups is 1. The summed E-state index contributed by atoms with van der Waals surface area (Å²) in [5.74, 6) is 0.0886. The molecule has 0 radical (unpaired) electrons. The first-order valence-corrected chi connectivity index (χ1v) is 7.24. The average Bonchev–Trinajstić information content (AvgIpc) is 2.47. The molecule has 0 bridgehead atoms. The van der Waals surface area contributed by atoms with Crippen LogP contribution in [0.1, 0.15) is 18.5 Å². The third-order valence-electron chi connectivity index (χ3n) is 2.94. The summed E-state index contributed by atoms with van der Waals surface area (Å²) >= 11 is 11.9. The first kappa shape index (κ1) is 15.7. The first-order chi connectivity index (χ1) is 10.1. The third kappa shape index (κ3) is 4.38. The zero-order chi connectivity index (χ0) is 15.2. The normalized spacial score (nSPS) is 11.8. The molecule has 5 heteroatoms. The van der Waals surface area contributed by atoms with E-state index in [9.17, 15) is 4.79 Å². The molecule has 21 heavy (non-hydrogen) atoms. The molecule has 2 rings (SSSR count). The molecule has 0 fully saturated rings. The Bertz CT molecular complexity index is 597. The number of para-hydroxylation sites is 1. The number of amides is 1. The SMILES string of the molecule is C[C@@H](NC(=O)COc1c(Cl)cccc1Cl)c1ccccc1. The topological polar surface area (TPSA) is 38.3 Å². The van der Waals surface area contributed by atoms with Crippen molar-refractivity contribution >= 4 is 29.1 Å². The van der Waals surface area contributed by atoms with E-state index in [2.05, 4.69) is 5.32 Å². The standard InChI is InChI=1S/C16H15Cl2NO2/c1-11(12-6-3-2-4-7-12)19-15(20)10-21-16-13(17)8-5-9-14(16)18/h2-9,11H,10H2,1H3,(H,19,20)/t11-/m1/s1. The van der Waals surface area contributed by atoms with E-state index in [1.807, 2.05) is 37.3 Å². The summed E-state index contributed by atoms with van der Waals surface area (Å²) in [6.07, 6.45) is 0. The zero-order valence-electron chi connectivity index (χ0n) is 11.5. The van der Waals surface area contributed by atoms with Gasteiger partial charge >= 0.3 is 0 Å². The Hall–Kier alpha value is -1.71. The molecule has 0 aliphatic rings. The van der Waals surface area contributed by atoms with Crippen LogP contribution < -0.4 is 10.1 Å². The molecule has 0 aromatic heterocycles. The van der Waals surface area contributed by atoms with Crippen LogP contribution in [0.4, 0.5) is 0 Å². The fourth-order valence-corrected chi connectivity index (χ4v) is 2.37. The van der Waals surface area contributed by atoms with E-state index in [1.54, 1.807) is 18.2 Å². The van der Waals surface area contributed by atoms with Crippen molar-refractivity contribution in [3.05, 3.63) is 64.1 Å². The predicted octanol–water partition coefficient (Wildman–Crippen LogP) is 4.25. The minimum Gasteiger partial charge on any atom is -0.481 e. The molecule has 1 N–H and O–H groups in total. The number of carbonyl (C=O) groups excluding carboxylic acids is 1. The van der Waals surface area contributed by atoms with Crippen molar-refractivity contribution < 1.29 is 9.53 Å². The van der Waals surface area contributed by atoms with Gasteiger partial charge in [0, 0.05) is 0 Å². The Morgan fingerprint density at radius 1 is 1.10 bits per heavy atom. The van der Waals surface area contributed by atoms with Crippen LogP contribution in [-0.4, -0.2) is 12.5 Å². The smallest absolute Gasteiger partial charge is 0.258 e. The number of rotatable bonds is 5. The third-order valence-corrected chi connectivity index (χ3v) is 3.54.